The molecule has 4 aromatic rings. The van der Waals surface area contributed by atoms with Gasteiger partial charge in [-0.25, -0.2) is 0 Å². The minimum absolute atomic E-state index is 0.206. The number of carbonyl (C=O) groups excluding carboxylic acids is 2. The van der Waals surface area contributed by atoms with Gasteiger partial charge in [-0.15, -0.1) is 0 Å². The van der Waals surface area contributed by atoms with E-state index in [9.17, 15) is 9.59 Å². The van der Waals surface area contributed by atoms with Gasteiger partial charge in [-0.1, -0.05) is 24.3 Å². The highest BCUT2D eigenvalue weighted by atomic mass is 16.5. The molecule has 0 aliphatic heterocycles. The van der Waals surface area contributed by atoms with E-state index in [0.717, 1.165) is 11.1 Å². The molecule has 0 fully saturated rings. The van der Waals surface area contributed by atoms with Gasteiger partial charge in [0.25, 0.3) is 11.8 Å². The normalized spacial score (nSPS) is 10.1. The Kier molecular flexibility index (Phi) is 9.47. The summed E-state index contributed by atoms with van der Waals surface area (Å²) in [6.45, 7) is 1.46. The van der Waals surface area contributed by atoms with Crippen molar-refractivity contribution in [2.45, 2.75) is 13.1 Å². The topological polar surface area (TPSA) is 124 Å². The molecule has 198 valence electrons. The molecule has 0 bridgehead atoms. The molecule has 0 radical (unpaired) electrons. The van der Waals surface area contributed by atoms with Crippen LogP contribution in [0, 0.1) is 22.7 Å². The first-order valence-corrected chi connectivity index (χ1v) is 12.5. The zero-order valence-electron chi connectivity index (χ0n) is 21.6. The number of nitrogens with zero attached hydrogens (tertiary/aromatic N) is 2. The van der Waals surface area contributed by atoms with Crippen molar-refractivity contribution in [3.05, 3.63) is 130 Å². The van der Waals surface area contributed by atoms with E-state index in [1.54, 1.807) is 48.5 Å². The summed E-state index contributed by atoms with van der Waals surface area (Å²) in [7, 11) is 0. The molecule has 2 amide bonds. The Morgan fingerprint density at radius 2 is 0.900 bits per heavy atom. The SMILES string of the molecule is N#Cc1ccc(C(=O)NCc2ccc(OCCOc3ccc(CNC(=O)c4ccc(C#N)cc4)cc3)cc2)cc1. The second-order valence-electron chi connectivity index (χ2n) is 8.73. The van der Waals surface area contributed by atoms with Gasteiger partial charge >= 0.3 is 0 Å². The maximum atomic E-state index is 12.3. The van der Waals surface area contributed by atoms with Crippen molar-refractivity contribution in [1.82, 2.24) is 10.6 Å². The van der Waals surface area contributed by atoms with E-state index in [0.29, 0.717) is 60.1 Å². The van der Waals surface area contributed by atoms with Crippen LogP contribution in [0.1, 0.15) is 43.0 Å². The van der Waals surface area contributed by atoms with Gasteiger partial charge in [0.05, 0.1) is 23.3 Å². The maximum absolute atomic E-state index is 12.3. The van der Waals surface area contributed by atoms with Crippen molar-refractivity contribution in [3.8, 4) is 23.6 Å². The third-order valence-electron chi connectivity index (χ3n) is 5.93. The van der Waals surface area contributed by atoms with E-state index >= 15 is 0 Å². The molecule has 0 unspecified atom stereocenters. The number of hydrogen-bond acceptors (Lipinski definition) is 6. The summed E-state index contributed by atoms with van der Waals surface area (Å²) in [6.07, 6.45) is 0. The second kappa shape index (κ2) is 13.8. The second-order valence-corrected chi connectivity index (χ2v) is 8.73. The number of hydrogen-bond donors (Lipinski definition) is 2. The summed E-state index contributed by atoms with van der Waals surface area (Å²) in [4.78, 5) is 24.5. The molecule has 8 heteroatoms. The lowest BCUT2D eigenvalue weighted by Crippen LogP contribution is -2.22. The lowest BCUT2D eigenvalue weighted by molar-refractivity contribution is 0.0943. The highest BCUT2D eigenvalue weighted by Crippen LogP contribution is 2.15. The third kappa shape index (κ3) is 7.95. The standard InChI is InChI=1S/C32H26N4O4/c33-19-23-1-9-27(10-2-23)31(37)35-21-25-5-13-29(14-6-25)39-17-18-40-30-15-7-26(8-16-30)22-36-32(38)28-11-3-24(20-34)4-12-28/h1-16H,17-18,21-22H2,(H,35,37)(H,36,38). The van der Waals surface area contributed by atoms with Crippen LogP contribution in [0.4, 0.5) is 0 Å². The van der Waals surface area contributed by atoms with Gasteiger partial charge < -0.3 is 20.1 Å². The van der Waals surface area contributed by atoms with Gasteiger partial charge in [0.2, 0.25) is 0 Å². The molecule has 0 atom stereocenters. The number of nitrogens with one attached hydrogen (secondary N) is 2. The number of benzene rings is 4. The van der Waals surface area contributed by atoms with Crippen LogP contribution in [0.5, 0.6) is 11.5 Å². The van der Waals surface area contributed by atoms with E-state index in [2.05, 4.69) is 10.6 Å². The Balaban J connectivity index is 1.13. The minimum Gasteiger partial charge on any atom is -0.490 e. The molecule has 0 saturated heterocycles. The molecular formula is C32H26N4O4. The molecule has 0 aromatic heterocycles. The summed E-state index contributed by atoms with van der Waals surface area (Å²) in [5.41, 5.74) is 3.88. The van der Waals surface area contributed by atoms with Gasteiger partial charge in [-0.2, -0.15) is 10.5 Å². The quantitative estimate of drug-likeness (QED) is 0.270. The Hall–Kier alpha value is -5.60. The zero-order valence-corrected chi connectivity index (χ0v) is 21.6. The van der Waals surface area contributed by atoms with Crippen LogP contribution >= 0.6 is 0 Å². The van der Waals surface area contributed by atoms with E-state index < -0.39 is 0 Å². The first-order chi connectivity index (χ1) is 19.5. The van der Waals surface area contributed by atoms with Gasteiger partial charge in [-0.3, -0.25) is 9.59 Å². The largest absolute Gasteiger partial charge is 0.490 e. The average molecular weight is 531 g/mol. The molecule has 0 saturated carbocycles. The Labute approximate surface area is 232 Å². The van der Waals surface area contributed by atoms with Crippen molar-refractivity contribution < 1.29 is 19.1 Å². The molecule has 0 heterocycles. The summed E-state index contributed by atoms with van der Waals surface area (Å²) in [5.74, 6) is 0.976. The van der Waals surface area contributed by atoms with Gasteiger partial charge in [0, 0.05) is 24.2 Å². The third-order valence-corrected chi connectivity index (χ3v) is 5.93. The average Bonchev–Trinajstić information content (AvgIpc) is 3.02. The van der Waals surface area contributed by atoms with Crippen molar-refractivity contribution in [3.63, 3.8) is 0 Å². The first kappa shape index (κ1) is 27.4. The number of carbonyl (C=O) groups is 2. The summed E-state index contributed by atoms with van der Waals surface area (Å²) in [6, 6.07) is 31.9. The highest BCUT2D eigenvalue weighted by molar-refractivity contribution is 5.94. The van der Waals surface area contributed by atoms with Crippen LogP contribution in [-0.4, -0.2) is 25.0 Å². The fourth-order valence-electron chi connectivity index (χ4n) is 3.69. The van der Waals surface area contributed by atoms with Crippen molar-refractivity contribution in [2.24, 2.45) is 0 Å². The van der Waals surface area contributed by atoms with Crippen molar-refractivity contribution >= 4 is 11.8 Å². The van der Waals surface area contributed by atoms with Crippen LogP contribution in [0.2, 0.25) is 0 Å². The molecule has 8 nitrogen and oxygen atoms in total. The number of nitriles is 2. The van der Waals surface area contributed by atoms with E-state index in [1.807, 2.05) is 60.7 Å². The predicted molar refractivity (Wildman–Crippen MR) is 149 cm³/mol. The lowest BCUT2D eigenvalue weighted by atomic mass is 10.1. The molecule has 0 aliphatic carbocycles. The Bertz CT molecular complexity index is 1400. The lowest BCUT2D eigenvalue weighted by Gasteiger charge is -2.10. The maximum Gasteiger partial charge on any atom is 0.251 e. The number of ether oxygens (including phenoxy) is 2. The number of rotatable bonds is 11. The molecule has 4 rings (SSSR count). The van der Waals surface area contributed by atoms with E-state index in [-0.39, 0.29) is 11.8 Å². The van der Waals surface area contributed by atoms with E-state index in [1.165, 1.54) is 0 Å². The Morgan fingerprint density at radius 1 is 0.550 bits per heavy atom. The molecule has 0 spiro atoms. The molecule has 40 heavy (non-hydrogen) atoms. The van der Waals surface area contributed by atoms with Crippen LogP contribution < -0.4 is 20.1 Å². The summed E-state index contributed by atoms with van der Waals surface area (Å²) >= 11 is 0. The molecular weight excluding hydrogens is 504 g/mol. The van der Waals surface area contributed by atoms with Gasteiger partial charge in [0.1, 0.15) is 24.7 Å². The smallest absolute Gasteiger partial charge is 0.251 e. The van der Waals surface area contributed by atoms with E-state index in [4.69, 9.17) is 20.0 Å². The monoisotopic (exact) mass is 530 g/mol. The van der Waals surface area contributed by atoms with Gasteiger partial charge in [0.15, 0.2) is 0 Å². The predicted octanol–water partition coefficient (Wildman–Crippen LogP) is 4.75. The molecule has 4 aromatic carbocycles. The number of amides is 2. The Morgan fingerprint density at radius 3 is 1.23 bits per heavy atom. The van der Waals surface area contributed by atoms with Crippen LogP contribution in [0.3, 0.4) is 0 Å². The van der Waals surface area contributed by atoms with Gasteiger partial charge in [-0.05, 0) is 83.9 Å². The van der Waals surface area contributed by atoms with Crippen LogP contribution in [0.15, 0.2) is 97.1 Å². The van der Waals surface area contributed by atoms with Crippen molar-refractivity contribution in [1.29, 1.82) is 10.5 Å². The molecule has 0 aliphatic rings. The summed E-state index contributed by atoms with van der Waals surface area (Å²) < 4.78 is 11.5. The van der Waals surface area contributed by atoms with Crippen LogP contribution in [0.25, 0.3) is 0 Å². The minimum atomic E-state index is -0.206. The van der Waals surface area contributed by atoms with Crippen LogP contribution in [-0.2, 0) is 13.1 Å². The summed E-state index contributed by atoms with van der Waals surface area (Å²) in [5, 5.41) is 23.4. The first-order valence-electron chi connectivity index (χ1n) is 12.5. The fourth-order valence-corrected chi connectivity index (χ4v) is 3.69. The molecule has 2 N–H and O–H groups in total. The fraction of sp³-hybridized carbons (Fsp3) is 0.125. The highest BCUT2D eigenvalue weighted by Gasteiger charge is 2.07. The van der Waals surface area contributed by atoms with Crippen molar-refractivity contribution in [2.75, 3.05) is 13.2 Å². The zero-order chi connectivity index (χ0) is 28.2.